The van der Waals surface area contributed by atoms with Crippen LogP contribution in [0, 0.1) is 13.8 Å². The lowest BCUT2D eigenvalue weighted by Gasteiger charge is -2.06. The standard InChI is InChI=1S/C23H42N2O/c1-4-5-6-7-8-9-10-11-12-13-14-15-16-17-18-19-22-24-20(2)23(26)21(3)25-22/h26H,4-19H2,1-3H3. The zero-order valence-electron chi connectivity index (χ0n) is 17.7. The Hall–Kier alpha value is -1.12. The molecule has 0 aliphatic heterocycles. The van der Waals surface area contributed by atoms with E-state index in [1.165, 1.54) is 89.9 Å². The summed E-state index contributed by atoms with van der Waals surface area (Å²) in [6.07, 6.45) is 21.7. The predicted octanol–water partition coefficient (Wildman–Crippen LogP) is 7.21. The highest BCUT2D eigenvalue weighted by atomic mass is 16.3. The van der Waals surface area contributed by atoms with E-state index in [9.17, 15) is 5.11 Å². The fourth-order valence-corrected chi connectivity index (χ4v) is 3.55. The van der Waals surface area contributed by atoms with Crippen molar-refractivity contribution in [3.05, 3.63) is 17.2 Å². The zero-order valence-corrected chi connectivity index (χ0v) is 17.7. The fraction of sp³-hybridized carbons (Fsp3) is 0.826. The zero-order chi connectivity index (χ0) is 19.0. The average molecular weight is 363 g/mol. The van der Waals surface area contributed by atoms with Crippen molar-refractivity contribution in [2.24, 2.45) is 0 Å². The van der Waals surface area contributed by atoms with Gasteiger partial charge in [0.05, 0.1) is 11.4 Å². The third-order valence-corrected chi connectivity index (χ3v) is 5.28. The van der Waals surface area contributed by atoms with Crippen molar-refractivity contribution in [1.29, 1.82) is 0 Å². The second-order valence-electron chi connectivity index (χ2n) is 7.86. The normalized spacial score (nSPS) is 11.2. The average Bonchev–Trinajstić information content (AvgIpc) is 2.62. The Morgan fingerprint density at radius 3 is 1.31 bits per heavy atom. The molecule has 3 heteroatoms. The lowest BCUT2D eigenvalue weighted by molar-refractivity contribution is 0.457. The smallest absolute Gasteiger partial charge is 0.158 e. The monoisotopic (exact) mass is 362 g/mol. The third-order valence-electron chi connectivity index (χ3n) is 5.28. The van der Waals surface area contributed by atoms with Gasteiger partial charge < -0.3 is 5.11 Å². The van der Waals surface area contributed by atoms with E-state index in [1.807, 2.05) is 13.8 Å². The molecule has 1 rings (SSSR count). The van der Waals surface area contributed by atoms with Crippen LogP contribution in [-0.4, -0.2) is 15.1 Å². The van der Waals surface area contributed by atoms with E-state index in [2.05, 4.69) is 16.9 Å². The highest BCUT2D eigenvalue weighted by Gasteiger charge is 2.06. The van der Waals surface area contributed by atoms with Crippen molar-refractivity contribution in [3.63, 3.8) is 0 Å². The Labute approximate surface area is 162 Å². The van der Waals surface area contributed by atoms with Crippen molar-refractivity contribution in [2.75, 3.05) is 0 Å². The molecule has 150 valence electrons. The molecule has 1 heterocycles. The second-order valence-corrected chi connectivity index (χ2v) is 7.86. The molecule has 0 unspecified atom stereocenters. The van der Waals surface area contributed by atoms with Gasteiger partial charge in [-0.2, -0.15) is 0 Å². The van der Waals surface area contributed by atoms with Crippen LogP contribution in [0.2, 0.25) is 0 Å². The van der Waals surface area contributed by atoms with Gasteiger partial charge in [0.15, 0.2) is 5.75 Å². The number of nitrogens with zero attached hydrogens (tertiary/aromatic N) is 2. The first-order chi connectivity index (χ1) is 12.6. The number of hydrogen-bond donors (Lipinski definition) is 1. The Balaban J connectivity index is 1.87. The van der Waals surface area contributed by atoms with Gasteiger partial charge in [0, 0.05) is 6.42 Å². The summed E-state index contributed by atoms with van der Waals surface area (Å²) in [7, 11) is 0. The maximum absolute atomic E-state index is 9.71. The summed E-state index contributed by atoms with van der Waals surface area (Å²) >= 11 is 0. The molecule has 3 nitrogen and oxygen atoms in total. The summed E-state index contributed by atoms with van der Waals surface area (Å²) < 4.78 is 0. The summed E-state index contributed by atoms with van der Waals surface area (Å²) in [5, 5.41) is 9.71. The van der Waals surface area contributed by atoms with Crippen LogP contribution in [0.5, 0.6) is 5.75 Å². The molecule has 1 aromatic heterocycles. The third kappa shape index (κ3) is 10.8. The quantitative estimate of drug-likeness (QED) is 0.316. The van der Waals surface area contributed by atoms with Gasteiger partial charge in [0.25, 0.3) is 0 Å². The molecule has 0 radical (unpaired) electrons. The number of unbranched alkanes of at least 4 members (excludes halogenated alkanes) is 14. The molecule has 1 aromatic rings. The molecule has 0 atom stereocenters. The molecule has 0 aromatic carbocycles. The van der Waals surface area contributed by atoms with E-state index in [-0.39, 0.29) is 5.75 Å². The first-order valence-corrected chi connectivity index (χ1v) is 11.2. The SMILES string of the molecule is CCCCCCCCCCCCCCCCCc1nc(C)c(O)c(C)n1. The van der Waals surface area contributed by atoms with E-state index in [1.54, 1.807) is 0 Å². The van der Waals surface area contributed by atoms with Crippen molar-refractivity contribution in [1.82, 2.24) is 9.97 Å². The molecule has 0 saturated carbocycles. The van der Waals surface area contributed by atoms with Gasteiger partial charge in [0.1, 0.15) is 5.82 Å². The molecule has 0 bridgehead atoms. The summed E-state index contributed by atoms with van der Waals surface area (Å²) in [6, 6.07) is 0. The van der Waals surface area contributed by atoms with Crippen LogP contribution in [-0.2, 0) is 6.42 Å². The highest BCUT2D eigenvalue weighted by molar-refractivity contribution is 5.29. The van der Waals surface area contributed by atoms with Crippen LogP contribution in [0.25, 0.3) is 0 Å². The van der Waals surface area contributed by atoms with Gasteiger partial charge in [-0.1, -0.05) is 96.8 Å². The second kappa shape index (κ2) is 15.0. The van der Waals surface area contributed by atoms with Crippen molar-refractivity contribution < 1.29 is 5.11 Å². The molecule has 26 heavy (non-hydrogen) atoms. The predicted molar refractivity (Wildman–Crippen MR) is 112 cm³/mol. The highest BCUT2D eigenvalue weighted by Crippen LogP contribution is 2.18. The molecular weight excluding hydrogens is 320 g/mol. The molecule has 0 saturated heterocycles. The molecule has 0 amide bonds. The van der Waals surface area contributed by atoms with Gasteiger partial charge in [-0.3, -0.25) is 0 Å². The summed E-state index contributed by atoms with van der Waals surface area (Å²) in [5.41, 5.74) is 1.40. The largest absolute Gasteiger partial charge is 0.504 e. The van der Waals surface area contributed by atoms with Gasteiger partial charge in [0.2, 0.25) is 0 Å². The molecule has 1 N–H and O–H groups in total. The molecule has 0 aliphatic carbocycles. The maximum atomic E-state index is 9.71. The minimum Gasteiger partial charge on any atom is -0.504 e. The first kappa shape index (κ1) is 22.9. The van der Waals surface area contributed by atoms with Crippen LogP contribution in [0.3, 0.4) is 0 Å². The summed E-state index contributed by atoms with van der Waals surface area (Å²) in [5.74, 6) is 1.12. The summed E-state index contributed by atoms with van der Waals surface area (Å²) in [4.78, 5) is 8.75. The van der Waals surface area contributed by atoms with E-state index in [0.717, 1.165) is 18.7 Å². The molecule has 0 fully saturated rings. The van der Waals surface area contributed by atoms with Crippen LogP contribution in [0.1, 0.15) is 120 Å². The molecular formula is C23H42N2O. The van der Waals surface area contributed by atoms with Crippen LogP contribution in [0.4, 0.5) is 0 Å². The van der Waals surface area contributed by atoms with Gasteiger partial charge >= 0.3 is 0 Å². The number of hydrogen-bond acceptors (Lipinski definition) is 3. The number of aromatic hydroxyl groups is 1. The van der Waals surface area contributed by atoms with Crippen molar-refractivity contribution >= 4 is 0 Å². The Morgan fingerprint density at radius 2 is 0.923 bits per heavy atom. The van der Waals surface area contributed by atoms with E-state index in [4.69, 9.17) is 0 Å². The van der Waals surface area contributed by atoms with Crippen LogP contribution >= 0.6 is 0 Å². The van der Waals surface area contributed by atoms with Crippen LogP contribution < -0.4 is 0 Å². The minimum atomic E-state index is 0.241. The van der Waals surface area contributed by atoms with Gasteiger partial charge in [-0.25, -0.2) is 9.97 Å². The number of aromatic nitrogens is 2. The number of aryl methyl sites for hydroxylation is 3. The van der Waals surface area contributed by atoms with Gasteiger partial charge in [-0.05, 0) is 20.3 Å². The van der Waals surface area contributed by atoms with Crippen molar-refractivity contribution in [3.8, 4) is 5.75 Å². The van der Waals surface area contributed by atoms with E-state index in [0.29, 0.717) is 11.4 Å². The Bertz CT molecular complexity index is 450. The lowest BCUT2D eigenvalue weighted by Crippen LogP contribution is -2.00. The lowest BCUT2D eigenvalue weighted by atomic mass is 10.0. The van der Waals surface area contributed by atoms with E-state index >= 15 is 0 Å². The van der Waals surface area contributed by atoms with Crippen LogP contribution in [0.15, 0.2) is 0 Å². The van der Waals surface area contributed by atoms with Crippen molar-refractivity contribution in [2.45, 2.75) is 124 Å². The Kier molecular flexibility index (Phi) is 13.2. The topological polar surface area (TPSA) is 46.0 Å². The van der Waals surface area contributed by atoms with E-state index < -0.39 is 0 Å². The fourth-order valence-electron chi connectivity index (χ4n) is 3.55. The summed E-state index contributed by atoms with van der Waals surface area (Å²) in [6.45, 7) is 5.98. The first-order valence-electron chi connectivity index (χ1n) is 11.2. The Morgan fingerprint density at radius 1 is 0.577 bits per heavy atom. The van der Waals surface area contributed by atoms with Gasteiger partial charge in [-0.15, -0.1) is 0 Å². The number of rotatable bonds is 16. The minimum absolute atomic E-state index is 0.241. The molecule has 0 spiro atoms. The molecule has 0 aliphatic rings. The maximum Gasteiger partial charge on any atom is 0.158 e.